The number of hydrogen-bond acceptors (Lipinski definition) is 5. The lowest BCUT2D eigenvalue weighted by Crippen LogP contribution is -2.40. The molecule has 1 saturated carbocycles. The molecule has 0 aromatic rings. The van der Waals surface area contributed by atoms with E-state index in [1.54, 1.807) is 7.11 Å². The summed E-state index contributed by atoms with van der Waals surface area (Å²) in [5.41, 5.74) is 0. The Bertz CT molecular complexity index is 243. The lowest BCUT2D eigenvalue weighted by Gasteiger charge is -2.18. The van der Waals surface area contributed by atoms with Gasteiger partial charge in [-0.1, -0.05) is 0 Å². The molecule has 0 heterocycles. The first-order chi connectivity index (χ1) is 8.67. The van der Waals surface area contributed by atoms with E-state index in [-0.39, 0.29) is 18.1 Å². The van der Waals surface area contributed by atoms with E-state index >= 15 is 0 Å². The Morgan fingerprint density at radius 1 is 1.44 bits per heavy atom. The van der Waals surface area contributed by atoms with Crippen molar-refractivity contribution in [3.05, 3.63) is 0 Å². The lowest BCUT2D eigenvalue weighted by molar-refractivity contribution is -0.146. The molecule has 0 aromatic carbocycles. The highest BCUT2D eigenvalue weighted by atomic mass is 16.5. The van der Waals surface area contributed by atoms with Gasteiger partial charge in [-0.25, -0.2) is 0 Å². The Balaban J connectivity index is 2.24. The zero-order chi connectivity index (χ0) is 13.4. The van der Waals surface area contributed by atoms with Crippen LogP contribution in [0.1, 0.15) is 33.1 Å². The predicted octanol–water partition coefficient (Wildman–Crippen LogP) is 1.11. The number of carbonyl (C=O) groups is 1. The van der Waals surface area contributed by atoms with Gasteiger partial charge in [-0.15, -0.1) is 0 Å². The molecule has 0 aliphatic heterocycles. The first kappa shape index (κ1) is 15.4. The second-order valence-electron chi connectivity index (χ2n) is 4.67. The van der Waals surface area contributed by atoms with E-state index in [4.69, 9.17) is 14.2 Å². The van der Waals surface area contributed by atoms with Crippen LogP contribution in [0.5, 0.6) is 0 Å². The van der Waals surface area contributed by atoms with Gasteiger partial charge in [0.2, 0.25) is 0 Å². The molecule has 0 bridgehead atoms. The molecule has 106 valence electrons. The summed E-state index contributed by atoms with van der Waals surface area (Å²) < 4.78 is 15.6. The van der Waals surface area contributed by atoms with Crippen LogP contribution in [0, 0.1) is 0 Å². The van der Waals surface area contributed by atoms with E-state index in [1.165, 1.54) is 0 Å². The van der Waals surface area contributed by atoms with Crippen LogP contribution >= 0.6 is 0 Å². The second kappa shape index (κ2) is 8.45. The Morgan fingerprint density at radius 3 is 2.72 bits per heavy atom. The van der Waals surface area contributed by atoms with Gasteiger partial charge in [-0.05, 0) is 33.1 Å². The van der Waals surface area contributed by atoms with Crippen LogP contribution in [0.15, 0.2) is 0 Å². The maximum Gasteiger partial charge on any atom is 0.323 e. The monoisotopic (exact) mass is 259 g/mol. The molecule has 2 unspecified atom stereocenters. The van der Waals surface area contributed by atoms with Crippen LogP contribution in [-0.4, -0.2) is 51.1 Å². The summed E-state index contributed by atoms with van der Waals surface area (Å²) in [6, 6.07) is 0.239. The van der Waals surface area contributed by atoms with Crippen molar-refractivity contribution in [1.29, 1.82) is 0 Å². The summed E-state index contributed by atoms with van der Waals surface area (Å²) in [6.45, 7) is 5.30. The molecular formula is C13H25NO4. The van der Waals surface area contributed by atoms with Crippen molar-refractivity contribution in [1.82, 2.24) is 5.32 Å². The highest BCUT2D eigenvalue weighted by Gasteiger charge is 2.29. The number of methoxy groups -OCH3 is 1. The summed E-state index contributed by atoms with van der Waals surface area (Å²) in [7, 11) is 1.65. The third-order valence-electron chi connectivity index (χ3n) is 2.80. The van der Waals surface area contributed by atoms with E-state index in [0.29, 0.717) is 32.3 Å². The molecule has 0 radical (unpaired) electrons. The van der Waals surface area contributed by atoms with Crippen molar-refractivity contribution in [2.45, 2.75) is 51.3 Å². The van der Waals surface area contributed by atoms with Gasteiger partial charge in [0.1, 0.15) is 6.04 Å². The van der Waals surface area contributed by atoms with Gasteiger partial charge in [0.15, 0.2) is 0 Å². The van der Waals surface area contributed by atoms with Crippen LogP contribution in [0.3, 0.4) is 0 Å². The molecule has 5 heteroatoms. The van der Waals surface area contributed by atoms with Crippen molar-refractivity contribution >= 4 is 5.97 Å². The molecule has 0 spiro atoms. The average molecular weight is 259 g/mol. The number of esters is 1. The fraction of sp³-hybridized carbons (Fsp3) is 0.923. The molecule has 1 N–H and O–H groups in total. The molecule has 1 fully saturated rings. The quantitative estimate of drug-likeness (QED) is 0.596. The summed E-state index contributed by atoms with van der Waals surface area (Å²) in [5, 5.41) is 3.30. The molecule has 1 aliphatic carbocycles. The first-order valence-electron chi connectivity index (χ1n) is 6.70. The Labute approximate surface area is 109 Å². The van der Waals surface area contributed by atoms with Crippen LogP contribution in [-0.2, 0) is 19.0 Å². The molecule has 0 aromatic heterocycles. The minimum absolute atomic E-state index is 0.0544. The average Bonchev–Trinajstić information content (AvgIpc) is 3.12. The number of rotatable bonds is 10. The zero-order valence-corrected chi connectivity index (χ0v) is 11.6. The lowest BCUT2D eigenvalue weighted by atomic mass is 10.2. The molecule has 0 saturated heterocycles. The molecular weight excluding hydrogens is 234 g/mol. The fourth-order valence-electron chi connectivity index (χ4n) is 1.72. The van der Waals surface area contributed by atoms with Gasteiger partial charge < -0.3 is 19.5 Å². The van der Waals surface area contributed by atoms with E-state index in [0.717, 1.165) is 12.8 Å². The van der Waals surface area contributed by atoms with Gasteiger partial charge in [0.05, 0.1) is 19.3 Å². The summed E-state index contributed by atoms with van der Waals surface area (Å²) in [6.07, 6.45) is 3.00. The van der Waals surface area contributed by atoms with Crippen LogP contribution in [0.4, 0.5) is 0 Å². The van der Waals surface area contributed by atoms with Crippen LogP contribution < -0.4 is 5.32 Å². The maximum absolute atomic E-state index is 11.7. The number of carbonyl (C=O) groups excluding carboxylic acids is 1. The number of ether oxygens (including phenoxy) is 3. The number of nitrogens with one attached hydrogen (secondary N) is 1. The Hall–Kier alpha value is -0.650. The van der Waals surface area contributed by atoms with E-state index < -0.39 is 0 Å². The first-order valence-corrected chi connectivity index (χ1v) is 6.70. The summed E-state index contributed by atoms with van der Waals surface area (Å²) in [4.78, 5) is 11.7. The predicted molar refractivity (Wildman–Crippen MR) is 68.5 cm³/mol. The fourth-order valence-corrected chi connectivity index (χ4v) is 1.72. The van der Waals surface area contributed by atoms with Crippen molar-refractivity contribution in [2.24, 2.45) is 0 Å². The topological polar surface area (TPSA) is 56.8 Å². The van der Waals surface area contributed by atoms with Crippen molar-refractivity contribution in [3.63, 3.8) is 0 Å². The van der Waals surface area contributed by atoms with Gasteiger partial charge in [0.25, 0.3) is 0 Å². The van der Waals surface area contributed by atoms with Crippen molar-refractivity contribution in [3.8, 4) is 0 Å². The molecule has 1 aliphatic rings. The molecule has 1 rings (SSSR count). The minimum atomic E-state index is -0.243. The van der Waals surface area contributed by atoms with Crippen molar-refractivity contribution < 1.29 is 19.0 Å². The van der Waals surface area contributed by atoms with Gasteiger partial charge >= 0.3 is 5.97 Å². The van der Waals surface area contributed by atoms with Gasteiger partial charge in [-0.2, -0.15) is 0 Å². The highest BCUT2D eigenvalue weighted by Crippen LogP contribution is 2.20. The smallest absolute Gasteiger partial charge is 0.323 e. The van der Waals surface area contributed by atoms with E-state index in [2.05, 4.69) is 5.32 Å². The summed E-state index contributed by atoms with van der Waals surface area (Å²) in [5.74, 6) is -0.174. The Morgan fingerprint density at radius 2 is 2.17 bits per heavy atom. The van der Waals surface area contributed by atoms with E-state index in [1.807, 2.05) is 13.8 Å². The molecule has 0 amide bonds. The standard InChI is InChI=1S/C13H25NO4/c1-4-17-13(15)12(14-11-5-6-11)7-8-18-10(2)9-16-3/h10-12,14H,4-9H2,1-3H3. The largest absolute Gasteiger partial charge is 0.465 e. The van der Waals surface area contributed by atoms with Gasteiger partial charge in [-0.3, -0.25) is 4.79 Å². The zero-order valence-electron chi connectivity index (χ0n) is 11.6. The van der Waals surface area contributed by atoms with E-state index in [9.17, 15) is 4.79 Å². The Kier molecular flexibility index (Phi) is 7.23. The van der Waals surface area contributed by atoms with Gasteiger partial charge in [0, 0.05) is 19.8 Å². The third kappa shape index (κ3) is 6.33. The third-order valence-corrected chi connectivity index (χ3v) is 2.80. The highest BCUT2D eigenvalue weighted by molar-refractivity contribution is 5.75. The SMILES string of the molecule is CCOC(=O)C(CCOC(C)COC)NC1CC1. The molecule has 2 atom stereocenters. The molecule has 5 nitrogen and oxygen atoms in total. The maximum atomic E-state index is 11.7. The van der Waals surface area contributed by atoms with Crippen LogP contribution in [0.2, 0.25) is 0 Å². The molecule has 18 heavy (non-hydrogen) atoms. The normalized spacial score (nSPS) is 18.4. The minimum Gasteiger partial charge on any atom is -0.465 e. The van der Waals surface area contributed by atoms with Crippen molar-refractivity contribution in [2.75, 3.05) is 26.9 Å². The second-order valence-corrected chi connectivity index (χ2v) is 4.67. The number of hydrogen-bond donors (Lipinski definition) is 1. The summed E-state index contributed by atoms with van der Waals surface area (Å²) >= 11 is 0. The van der Waals surface area contributed by atoms with Crippen LogP contribution in [0.25, 0.3) is 0 Å².